The van der Waals surface area contributed by atoms with Crippen LogP contribution in [0.25, 0.3) is 0 Å². The van der Waals surface area contributed by atoms with Crippen LogP contribution >= 0.6 is 35.3 Å². The van der Waals surface area contributed by atoms with Gasteiger partial charge < -0.3 is 20.4 Å². The van der Waals surface area contributed by atoms with E-state index in [9.17, 15) is 4.79 Å². The summed E-state index contributed by atoms with van der Waals surface area (Å²) in [4.78, 5) is 21.1. The van der Waals surface area contributed by atoms with Crippen molar-refractivity contribution in [1.82, 2.24) is 15.5 Å². The van der Waals surface area contributed by atoms with Gasteiger partial charge in [0.25, 0.3) is 5.91 Å². The maximum Gasteiger partial charge on any atom is 0.251 e. The zero-order valence-corrected chi connectivity index (χ0v) is 18.6. The van der Waals surface area contributed by atoms with Crippen molar-refractivity contribution in [2.24, 2.45) is 4.99 Å². The fourth-order valence-corrected chi connectivity index (χ4v) is 3.75. The van der Waals surface area contributed by atoms with Crippen LogP contribution in [0.1, 0.15) is 10.4 Å². The summed E-state index contributed by atoms with van der Waals surface area (Å²) >= 11 is 1.78. The normalized spacial score (nSPS) is 14.5. The van der Waals surface area contributed by atoms with Crippen LogP contribution in [0.3, 0.4) is 0 Å². The molecule has 1 aliphatic rings. The molecule has 0 spiro atoms. The van der Waals surface area contributed by atoms with E-state index in [4.69, 9.17) is 0 Å². The molecule has 2 N–H and O–H groups in total. The molecule has 0 bridgehead atoms. The summed E-state index contributed by atoms with van der Waals surface area (Å²) in [6.07, 6.45) is 0. The molecule has 1 amide bonds. The number of carbonyl (C=O) groups is 1. The van der Waals surface area contributed by atoms with Gasteiger partial charge in [-0.1, -0.05) is 18.2 Å². The number of nitrogens with one attached hydrogen (secondary N) is 2. The Morgan fingerprint density at radius 2 is 1.74 bits per heavy atom. The molecule has 1 aromatic carbocycles. The number of amides is 1. The van der Waals surface area contributed by atoms with Crippen LogP contribution in [-0.4, -0.2) is 63.1 Å². The first-order valence-electron chi connectivity index (χ1n) is 8.85. The lowest BCUT2D eigenvalue weighted by molar-refractivity contribution is 0.0954. The maximum atomic E-state index is 12.0. The topological polar surface area (TPSA) is 60.0 Å². The molecule has 1 aromatic heterocycles. The number of rotatable bonds is 5. The summed E-state index contributed by atoms with van der Waals surface area (Å²) < 4.78 is 0. The van der Waals surface area contributed by atoms with Crippen LogP contribution < -0.4 is 15.5 Å². The quantitative estimate of drug-likeness (QED) is 0.287. The molecule has 8 heteroatoms. The standard InChI is InChI=1S/C19H25N5OS.HI/c1-20-19(22-10-9-21-18(25)16-6-3-2-4-7-16)24-13-11-23(12-14-24)17-8-5-15-26-17;/h2-8,15H,9-14H2,1H3,(H,20,22)(H,21,25);1H. The minimum atomic E-state index is -0.0491. The molecule has 146 valence electrons. The monoisotopic (exact) mass is 499 g/mol. The smallest absolute Gasteiger partial charge is 0.251 e. The molecule has 1 saturated heterocycles. The zero-order valence-electron chi connectivity index (χ0n) is 15.4. The fourth-order valence-electron chi connectivity index (χ4n) is 2.96. The number of thiophene rings is 1. The Labute approximate surface area is 181 Å². The number of benzene rings is 1. The number of anilines is 1. The fraction of sp³-hybridized carbons (Fsp3) is 0.368. The van der Waals surface area contributed by atoms with E-state index in [1.54, 1.807) is 18.4 Å². The molecular weight excluding hydrogens is 473 g/mol. The van der Waals surface area contributed by atoms with Crippen LogP contribution in [0.4, 0.5) is 5.00 Å². The third-order valence-corrected chi connectivity index (χ3v) is 5.27. The molecule has 1 fully saturated rings. The van der Waals surface area contributed by atoms with E-state index < -0.39 is 0 Å². The van der Waals surface area contributed by atoms with Crippen LogP contribution in [0.5, 0.6) is 0 Å². The van der Waals surface area contributed by atoms with Gasteiger partial charge in [0.15, 0.2) is 5.96 Å². The second kappa shape index (κ2) is 11.1. The van der Waals surface area contributed by atoms with Crippen molar-refractivity contribution < 1.29 is 4.79 Å². The number of hydrogen-bond acceptors (Lipinski definition) is 4. The van der Waals surface area contributed by atoms with Gasteiger partial charge in [0.05, 0.1) is 5.00 Å². The van der Waals surface area contributed by atoms with Crippen molar-refractivity contribution in [1.29, 1.82) is 0 Å². The van der Waals surface area contributed by atoms with Gasteiger partial charge in [-0.2, -0.15) is 0 Å². The van der Waals surface area contributed by atoms with Crippen LogP contribution in [0, 0.1) is 0 Å². The number of hydrogen-bond donors (Lipinski definition) is 2. The number of carbonyl (C=O) groups excluding carboxylic acids is 1. The zero-order chi connectivity index (χ0) is 18.2. The number of aliphatic imine (C=N–C) groups is 1. The van der Waals surface area contributed by atoms with Gasteiger partial charge in [0.2, 0.25) is 0 Å². The van der Waals surface area contributed by atoms with E-state index in [1.807, 2.05) is 30.3 Å². The molecule has 3 rings (SSSR count). The number of nitrogens with zero attached hydrogens (tertiary/aromatic N) is 3. The molecule has 0 aliphatic carbocycles. The van der Waals surface area contributed by atoms with E-state index in [2.05, 4.69) is 42.9 Å². The first kappa shape index (κ1) is 21.5. The average Bonchev–Trinajstić information content (AvgIpc) is 3.24. The molecule has 0 saturated carbocycles. The number of piperazine rings is 1. The molecular formula is C19H26IN5OS. The third-order valence-electron chi connectivity index (χ3n) is 4.34. The Bertz CT molecular complexity index is 715. The van der Waals surface area contributed by atoms with Gasteiger partial charge >= 0.3 is 0 Å². The highest BCUT2D eigenvalue weighted by Crippen LogP contribution is 2.22. The second-order valence-corrected chi connectivity index (χ2v) is 6.95. The molecule has 27 heavy (non-hydrogen) atoms. The lowest BCUT2D eigenvalue weighted by Gasteiger charge is -2.37. The summed E-state index contributed by atoms with van der Waals surface area (Å²) in [6, 6.07) is 13.5. The van der Waals surface area contributed by atoms with Crippen molar-refractivity contribution in [2.45, 2.75) is 0 Å². The van der Waals surface area contributed by atoms with Gasteiger partial charge in [-0.25, -0.2) is 0 Å². The summed E-state index contributed by atoms with van der Waals surface area (Å²) in [7, 11) is 1.80. The Morgan fingerprint density at radius 1 is 1.04 bits per heavy atom. The predicted octanol–water partition coefficient (Wildman–Crippen LogP) is 2.49. The predicted molar refractivity (Wildman–Crippen MR) is 124 cm³/mol. The van der Waals surface area contributed by atoms with Crippen LogP contribution in [-0.2, 0) is 0 Å². The number of guanidine groups is 1. The van der Waals surface area contributed by atoms with Gasteiger partial charge in [-0.3, -0.25) is 9.79 Å². The SMILES string of the molecule is CN=C(NCCNC(=O)c1ccccc1)N1CCN(c2cccs2)CC1.I. The first-order valence-corrected chi connectivity index (χ1v) is 9.73. The first-order chi connectivity index (χ1) is 12.8. The number of halogens is 1. The summed E-state index contributed by atoms with van der Waals surface area (Å²) in [6.45, 7) is 5.07. The van der Waals surface area contributed by atoms with Crippen molar-refractivity contribution in [3.05, 3.63) is 53.4 Å². The van der Waals surface area contributed by atoms with Crippen LogP contribution in [0.15, 0.2) is 52.8 Å². The minimum absolute atomic E-state index is 0. The van der Waals surface area contributed by atoms with Gasteiger partial charge in [-0.15, -0.1) is 35.3 Å². The van der Waals surface area contributed by atoms with Gasteiger partial charge in [0.1, 0.15) is 0 Å². The summed E-state index contributed by atoms with van der Waals surface area (Å²) in [5, 5.41) is 9.71. The van der Waals surface area contributed by atoms with Gasteiger partial charge in [0, 0.05) is 51.9 Å². The maximum absolute atomic E-state index is 12.0. The van der Waals surface area contributed by atoms with E-state index in [0.29, 0.717) is 18.7 Å². The molecule has 2 aromatic rings. The van der Waals surface area contributed by atoms with Gasteiger partial charge in [-0.05, 0) is 29.6 Å². The van der Waals surface area contributed by atoms with Crippen molar-refractivity contribution in [3.63, 3.8) is 0 Å². The third kappa shape index (κ3) is 6.10. The summed E-state index contributed by atoms with van der Waals surface area (Å²) in [5.41, 5.74) is 0.682. The summed E-state index contributed by atoms with van der Waals surface area (Å²) in [5.74, 6) is 0.844. The lowest BCUT2D eigenvalue weighted by atomic mass is 10.2. The Balaban J connectivity index is 0.00000261. The second-order valence-electron chi connectivity index (χ2n) is 6.02. The van der Waals surface area contributed by atoms with E-state index >= 15 is 0 Å². The van der Waals surface area contributed by atoms with Crippen molar-refractivity contribution >= 4 is 52.2 Å². The van der Waals surface area contributed by atoms with E-state index in [1.165, 1.54) is 5.00 Å². The molecule has 0 radical (unpaired) electrons. The Morgan fingerprint density at radius 3 is 2.37 bits per heavy atom. The highest BCUT2D eigenvalue weighted by molar-refractivity contribution is 14.0. The molecule has 2 heterocycles. The molecule has 0 atom stereocenters. The van der Waals surface area contributed by atoms with E-state index in [-0.39, 0.29) is 29.9 Å². The highest BCUT2D eigenvalue weighted by atomic mass is 127. The largest absolute Gasteiger partial charge is 0.360 e. The highest BCUT2D eigenvalue weighted by Gasteiger charge is 2.20. The average molecular weight is 499 g/mol. The lowest BCUT2D eigenvalue weighted by Crippen LogP contribution is -2.53. The van der Waals surface area contributed by atoms with Crippen molar-refractivity contribution in [2.75, 3.05) is 51.2 Å². The Kier molecular flexibility index (Phi) is 8.86. The molecule has 1 aliphatic heterocycles. The minimum Gasteiger partial charge on any atom is -0.360 e. The van der Waals surface area contributed by atoms with Crippen molar-refractivity contribution in [3.8, 4) is 0 Å². The molecule has 0 unspecified atom stereocenters. The van der Waals surface area contributed by atoms with Crippen LogP contribution in [0.2, 0.25) is 0 Å². The Hall–Kier alpha value is -1.81. The van der Waals surface area contributed by atoms with E-state index in [0.717, 1.165) is 32.1 Å². The molecule has 6 nitrogen and oxygen atoms in total.